The van der Waals surface area contributed by atoms with Crippen LogP contribution >= 0.6 is 39.3 Å². The summed E-state index contributed by atoms with van der Waals surface area (Å²) in [5, 5.41) is 0.656. The molecule has 3 aromatic rings. The van der Waals surface area contributed by atoms with Crippen molar-refractivity contribution in [2.75, 3.05) is 7.11 Å². The summed E-state index contributed by atoms with van der Waals surface area (Å²) in [4.78, 5) is 14.3. The van der Waals surface area contributed by atoms with E-state index in [-0.39, 0.29) is 5.78 Å². The Morgan fingerprint density at radius 1 is 1.07 bits per heavy atom. The molecule has 0 fully saturated rings. The van der Waals surface area contributed by atoms with Gasteiger partial charge in [-0.3, -0.25) is 4.79 Å². The fourth-order valence-corrected chi connectivity index (χ4v) is 4.65. The minimum absolute atomic E-state index is 0.0375. The second-order valence-electron chi connectivity index (χ2n) is 6.34. The van der Waals surface area contributed by atoms with Gasteiger partial charge in [-0.1, -0.05) is 69.6 Å². The molecule has 0 amide bonds. The normalized spacial score (nSPS) is 14.2. The summed E-state index contributed by atoms with van der Waals surface area (Å²) in [6.07, 6.45) is 1.87. The number of thioether (sulfide) groups is 1. The number of carbonyl (C=O) groups is 1. The predicted octanol–water partition coefficient (Wildman–Crippen LogP) is 7.02. The summed E-state index contributed by atoms with van der Waals surface area (Å²) in [5.41, 5.74) is 2.48. The first-order valence-electron chi connectivity index (χ1n) is 8.84. The van der Waals surface area contributed by atoms with Crippen LogP contribution in [0, 0.1) is 0 Å². The van der Waals surface area contributed by atoms with Crippen molar-refractivity contribution in [1.29, 1.82) is 0 Å². The highest BCUT2D eigenvalue weighted by molar-refractivity contribution is 9.10. The van der Waals surface area contributed by atoms with Gasteiger partial charge in [0, 0.05) is 25.5 Å². The maximum Gasteiger partial charge on any atom is 0.200 e. The molecule has 29 heavy (non-hydrogen) atoms. The molecule has 0 radical (unpaired) electrons. The van der Waals surface area contributed by atoms with Gasteiger partial charge in [0.25, 0.3) is 0 Å². The lowest BCUT2D eigenvalue weighted by atomic mass is 10.1. The van der Waals surface area contributed by atoms with E-state index in [1.165, 1.54) is 11.8 Å². The van der Waals surface area contributed by atoms with Crippen LogP contribution in [0.4, 0.5) is 0 Å². The first-order valence-corrected chi connectivity index (χ1v) is 10.8. The number of ether oxygens (including phenoxy) is 2. The molecule has 0 atom stereocenters. The molecule has 0 aliphatic carbocycles. The van der Waals surface area contributed by atoms with Crippen molar-refractivity contribution in [3.05, 3.63) is 91.8 Å². The molecule has 4 rings (SSSR count). The number of methoxy groups -OCH3 is 1. The van der Waals surface area contributed by atoms with E-state index in [9.17, 15) is 4.79 Å². The smallest absolute Gasteiger partial charge is 0.200 e. The van der Waals surface area contributed by atoms with E-state index in [1.54, 1.807) is 7.11 Å². The second kappa shape index (κ2) is 8.66. The Labute approximate surface area is 186 Å². The maximum absolute atomic E-state index is 12.7. The first kappa shape index (κ1) is 20.1. The molecule has 0 unspecified atom stereocenters. The Morgan fingerprint density at radius 2 is 1.83 bits per heavy atom. The molecule has 3 aromatic carbocycles. The first-order chi connectivity index (χ1) is 14.1. The van der Waals surface area contributed by atoms with Gasteiger partial charge in [-0.05, 0) is 42.0 Å². The van der Waals surface area contributed by atoms with Gasteiger partial charge in [0.15, 0.2) is 11.5 Å². The number of ketones is 1. The Hall–Kier alpha value is -2.21. The summed E-state index contributed by atoms with van der Waals surface area (Å²) in [6.45, 7) is 0.326. The van der Waals surface area contributed by atoms with Crippen molar-refractivity contribution < 1.29 is 14.3 Å². The molecule has 0 saturated heterocycles. The van der Waals surface area contributed by atoms with Gasteiger partial charge in [-0.25, -0.2) is 0 Å². The van der Waals surface area contributed by atoms with E-state index < -0.39 is 0 Å². The summed E-state index contributed by atoms with van der Waals surface area (Å²) in [7, 11) is 1.59. The molecular formula is C23H16BrClO3S. The molecule has 0 saturated carbocycles. The Kier molecular flexibility index (Phi) is 5.99. The molecule has 0 spiro atoms. The molecule has 1 heterocycles. The van der Waals surface area contributed by atoms with Crippen molar-refractivity contribution in [3.63, 3.8) is 0 Å². The lowest BCUT2D eigenvalue weighted by Crippen LogP contribution is -1.99. The highest BCUT2D eigenvalue weighted by atomic mass is 79.9. The van der Waals surface area contributed by atoms with Crippen LogP contribution in [0.25, 0.3) is 6.08 Å². The maximum atomic E-state index is 12.7. The zero-order chi connectivity index (χ0) is 20.4. The Bertz CT molecular complexity index is 1130. The number of rotatable bonds is 5. The SMILES string of the molecule is COc1cc(/C=C2/Sc3ccccc3C2=O)c(Br)cc1OCc1ccccc1Cl. The van der Waals surface area contributed by atoms with Crippen LogP contribution in [0.15, 0.2) is 74.9 Å². The van der Waals surface area contributed by atoms with Gasteiger partial charge in [0.2, 0.25) is 5.78 Å². The zero-order valence-corrected chi connectivity index (χ0v) is 18.6. The minimum atomic E-state index is 0.0375. The molecule has 0 N–H and O–H groups in total. The second-order valence-corrected chi connectivity index (χ2v) is 8.69. The molecule has 6 heteroatoms. The monoisotopic (exact) mass is 486 g/mol. The summed E-state index contributed by atoms with van der Waals surface area (Å²) in [6, 6.07) is 18.9. The fourth-order valence-electron chi connectivity index (χ4n) is 2.98. The standard InChI is InChI=1S/C23H16BrClO3S/c1-27-19-10-15(11-22-23(26)16-7-3-5-9-21(16)29-22)17(24)12-20(19)28-13-14-6-2-4-8-18(14)25/h2-12H,13H2,1H3/b22-11+. The zero-order valence-electron chi connectivity index (χ0n) is 15.4. The topological polar surface area (TPSA) is 35.5 Å². The van der Waals surface area contributed by atoms with Crippen molar-refractivity contribution in [1.82, 2.24) is 0 Å². The van der Waals surface area contributed by atoms with Gasteiger partial charge in [0.05, 0.1) is 12.0 Å². The van der Waals surface area contributed by atoms with Crippen molar-refractivity contribution in [3.8, 4) is 11.5 Å². The molecule has 0 aromatic heterocycles. The number of fused-ring (bicyclic) bond motifs is 1. The highest BCUT2D eigenvalue weighted by Gasteiger charge is 2.25. The van der Waals surface area contributed by atoms with E-state index >= 15 is 0 Å². The van der Waals surface area contributed by atoms with Crippen LogP contribution in [0.1, 0.15) is 21.5 Å². The van der Waals surface area contributed by atoms with E-state index in [0.717, 1.165) is 26.1 Å². The van der Waals surface area contributed by atoms with Gasteiger partial charge in [-0.2, -0.15) is 0 Å². The number of benzene rings is 3. The Balaban J connectivity index is 1.60. The highest BCUT2D eigenvalue weighted by Crippen LogP contribution is 2.42. The third-order valence-electron chi connectivity index (χ3n) is 4.49. The quantitative estimate of drug-likeness (QED) is 0.362. The molecule has 0 bridgehead atoms. The Morgan fingerprint density at radius 3 is 2.59 bits per heavy atom. The molecular weight excluding hydrogens is 472 g/mol. The van der Waals surface area contributed by atoms with Crippen LogP contribution in [0.3, 0.4) is 0 Å². The summed E-state index contributed by atoms with van der Waals surface area (Å²) < 4.78 is 12.3. The number of hydrogen-bond donors (Lipinski definition) is 0. The molecule has 1 aliphatic rings. The van der Waals surface area contributed by atoms with Gasteiger partial charge < -0.3 is 9.47 Å². The lowest BCUT2D eigenvalue weighted by Gasteiger charge is -2.13. The van der Waals surface area contributed by atoms with Crippen LogP contribution in [0.5, 0.6) is 11.5 Å². The van der Waals surface area contributed by atoms with Gasteiger partial charge >= 0.3 is 0 Å². The lowest BCUT2D eigenvalue weighted by molar-refractivity contribution is 0.104. The van der Waals surface area contributed by atoms with E-state index in [1.807, 2.05) is 66.7 Å². The number of hydrogen-bond acceptors (Lipinski definition) is 4. The average molecular weight is 488 g/mol. The van der Waals surface area contributed by atoms with Crippen molar-refractivity contribution in [2.24, 2.45) is 0 Å². The minimum Gasteiger partial charge on any atom is -0.493 e. The van der Waals surface area contributed by atoms with E-state index in [2.05, 4.69) is 15.9 Å². The van der Waals surface area contributed by atoms with Crippen molar-refractivity contribution in [2.45, 2.75) is 11.5 Å². The van der Waals surface area contributed by atoms with E-state index in [4.69, 9.17) is 21.1 Å². The summed E-state index contributed by atoms with van der Waals surface area (Å²) >= 11 is 11.3. The number of allylic oxidation sites excluding steroid dienone is 1. The van der Waals surface area contributed by atoms with Crippen LogP contribution in [0.2, 0.25) is 5.02 Å². The van der Waals surface area contributed by atoms with Crippen LogP contribution in [-0.4, -0.2) is 12.9 Å². The van der Waals surface area contributed by atoms with Crippen LogP contribution in [-0.2, 0) is 6.61 Å². The molecule has 146 valence electrons. The number of Topliss-reactive ketones (excluding diaryl/α,β-unsaturated/α-hetero) is 1. The summed E-state index contributed by atoms with van der Waals surface area (Å²) in [5.74, 6) is 1.21. The molecule has 3 nitrogen and oxygen atoms in total. The van der Waals surface area contributed by atoms with Gasteiger partial charge in [-0.15, -0.1) is 0 Å². The van der Waals surface area contributed by atoms with Crippen molar-refractivity contribution >= 4 is 51.2 Å². The van der Waals surface area contributed by atoms with Crippen LogP contribution < -0.4 is 9.47 Å². The third kappa shape index (κ3) is 4.22. The number of carbonyl (C=O) groups excluding carboxylic acids is 1. The number of halogens is 2. The fraction of sp³-hybridized carbons (Fsp3) is 0.0870. The average Bonchev–Trinajstić information content (AvgIpc) is 3.04. The third-order valence-corrected chi connectivity index (χ3v) is 6.64. The van der Waals surface area contributed by atoms with Gasteiger partial charge in [0.1, 0.15) is 6.61 Å². The molecule has 1 aliphatic heterocycles. The van der Waals surface area contributed by atoms with E-state index in [0.29, 0.717) is 28.0 Å². The largest absolute Gasteiger partial charge is 0.493 e. The predicted molar refractivity (Wildman–Crippen MR) is 121 cm³/mol.